The highest BCUT2D eigenvalue weighted by Gasteiger charge is 2.26. The molecule has 0 atom stereocenters. The van der Waals surface area contributed by atoms with Gasteiger partial charge in [0.05, 0.1) is 17.7 Å². The molecule has 1 aliphatic rings. The molecular formula is C28H32N4O5S. The van der Waals surface area contributed by atoms with Crippen molar-refractivity contribution in [2.24, 2.45) is 5.10 Å². The summed E-state index contributed by atoms with van der Waals surface area (Å²) in [5.41, 5.74) is 5.14. The number of furan rings is 1. The van der Waals surface area contributed by atoms with Gasteiger partial charge in [0, 0.05) is 19.6 Å². The number of carbonyl (C=O) groups excluding carboxylic acids is 2. The molecule has 0 unspecified atom stereocenters. The Morgan fingerprint density at radius 2 is 1.55 bits per heavy atom. The van der Waals surface area contributed by atoms with Gasteiger partial charge in [0.1, 0.15) is 11.5 Å². The summed E-state index contributed by atoms with van der Waals surface area (Å²) in [6.45, 7) is 5.18. The minimum atomic E-state index is -3.82. The summed E-state index contributed by atoms with van der Waals surface area (Å²) in [6, 6.07) is 17.7. The van der Waals surface area contributed by atoms with Crippen molar-refractivity contribution in [3.8, 4) is 0 Å². The number of nitrogens with one attached hydrogen (secondary N) is 1. The van der Waals surface area contributed by atoms with E-state index in [0.717, 1.165) is 36.0 Å². The number of hydrogen-bond acceptors (Lipinski definition) is 6. The zero-order valence-corrected chi connectivity index (χ0v) is 22.4. The Hall–Kier alpha value is -3.76. The predicted molar refractivity (Wildman–Crippen MR) is 144 cm³/mol. The summed E-state index contributed by atoms with van der Waals surface area (Å²) >= 11 is 0. The molecule has 2 aromatic carbocycles. The van der Waals surface area contributed by atoms with Crippen LogP contribution in [-0.2, 0) is 32.7 Å². The van der Waals surface area contributed by atoms with Crippen molar-refractivity contribution in [3.63, 3.8) is 0 Å². The van der Waals surface area contributed by atoms with E-state index < -0.39 is 21.8 Å². The molecule has 2 heterocycles. The number of aryl methyl sites for hydroxylation is 2. The quantitative estimate of drug-likeness (QED) is 0.268. The maximum Gasteiger partial charge on any atom is 0.329 e. The Balaban J connectivity index is 1.46. The van der Waals surface area contributed by atoms with Gasteiger partial charge in [-0.15, -0.1) is 0 Å². The summed E-state index contributed by atoms with van der Waals surface area (Å²) in [7, 11) is -3.82. The number of nitrogens with zero attached hydrogens (tertiary/aromatic N) is 3. The SMILES string of the molecule is Cc1ccc(CN(Cc2ccc(/C=N/NC(=O)C(=O)N3CCCCC3)o2)S(=O)(=O)c2ccc(C)cc2)cc1. The Morgan fingerprint density at radius 3 is 2.21 bits per heavy atom. The van der Waals surface area contributed by atoms with Gasteiger partial charge >= 0.3 is 11.8 Å². The van der Waals surface area contributed by atoms with Crippen molar-refractivity contribution in [2.45, 2.75) is 51.1 Å². The number of piperidine rings is 1. The fraction of sp³-hybridized carbons (Fsp3) is 0.321. The molecule has 1 aliphatic heterocycles. The van der Waals surface area contributed by atoms with Gasteiger partial charge in [-0.2, -0.15) is 9.41 Å². The van der Waals surface area contributed by atoms with Gasteiger partial charge in [0.15, 0.2) is 0 Å². The molecule has 0 spiro atoms. The van der Waals surface area contributed by atoms with Crippen LogP contribution in [0.4, 0.5) is 0 Å². The molecule has 1 aromatic heterocycles. The van der Waals surface area contributed by atoms with Gasteiger partial charge in [-0.1, -0.05) is 47.5 Å². The first-order valence-electron chi connectivity index (χ1n) is 12.6. The maximum atomic E-state index is 13.5. The van der Waals surface area contributed by atoms with Gasteiger partial charge in [-0.25, -0.2) is 13.8 Å². The number of likely N-dealkylation sites (tertiary alicyclic amines) is 1. The van der Waals surface area contributed by atoms with Gasteiger partial charge in [0.2, 0.25) is 10.0 Å². The lowest BCUT2D eigenvalue weighted by atomic mass is 10.1. The molecule has 200 valence electrons. The second kappa shape index (κ2) is 12.2. The molecular weight excluding hydrogens is 504 g/mol. The number of carbonyl (C=O) groups is 2. The van der Waals surface area contributed by atoms with E-state index in [4.69, 9.17) is 4.42 Å². The van der Waals surface area contributed by atoms with Crippen LogP contribution >= 0.6 is 0 Å². The van der Waals surface area contributed by atoms with Crippen molar-refractivity contribution >= 4 is 28.1 Å². The Labute approximate surface area is 223 Å². The van der Waals surface area contributed by atoms with E-state index in [9.17, 15) is 18.0 Å². The zero-order chi connectivity index (χ0) is 27.1. The minimum absolute atomic E-state index is 0.00225. The van der Waals surface area contributed by atoms with E-state index in [1.54, 1.807) is 36.4 Å². The number of benzene rings is 2. The second-order valence-corrected chi connectivity index (χ2v) is 11.4. The monoisotopic (exact) mass is 536 g/mol. The van der Waals surface area contributed by atoms with Crippen LogP contribution in [0.1, 0.15) is 47.5 Å². The third-order valence-electron chi connectivity index (χ3n) is 6.35. The lowest BCUT2D eigenvalue weighted by Crippen LogP contribution is -2.43. The summed E-state index contributed by atoms with van der Waals surface area (Å²) in [5.74, 6) is -0.683. The molecule has 4 rings (SSSR count). The predicted octanol–water partition coefficient (Wildman–Crippen LogP) is 3.75. The van der Waals surface area contributed by atoms with Crippen molar-refractivity contribution in [2.75, 3.05) is 13.1 Å². The average Bonchev–Trinajstić information content (AvgIpc) is 3.37. The maximum absolute atomic E-state index is 13.5. The van der Waals surface area contributed by atoms with Crippen LogP contribution in [0.25, 0.3) is 0 Å². The van der Waals surface area contributed by atoms with Gasteiger partial charge in [0.25, 0.3) is 0 Å². The summed E-state index contributed by atoms with van der Waals surface area (Å²) < 4.78 is 34.2. The molecule has 38 heavy (non-hydrogen) atoms. The Bertz CT molecular complexity index is 1390. The highest BCUT2D eigenvalue weighted by molar-refractivity contribution is 7.89. The molecule has 2 amide bonds. The topological polar surface area (TPSA) is 112 Å². The van der Waals surface area contributed by atoms with Crippen LogP contribution in [0.5, 0.6) is 0 Å². The van der Waals surface area contributed by atoms with Crippen LogP contribution in [-0.4, -0.2) is 48.7 Å². The third-order valence-corrected chi connectivity index (χ3v) is 8.15. The number of amides is 2. The molecule has 1 fully saturated rings. The van der Waals surface area contributed by atoms with Crippen LogP contribution in [0, 0.1) is 13.8 Å². The van der Waals surface area contributed by atoms with Gasteiger partial charge in [-0.05, 0) is 62.9 Å². The summed E-state index contributed by atoms with van der Waals surface area (Å²) in [4.78, 5) is 26.1. The molecule has 1 N–H and O–H groups in total. The fourth-order valence-electron chi connectivity index (χ4n) is 4.15. The lowest BCUT2D eigenvalue weighted by molar-refractivity contribution is -0.146. The number of rotatable bonds is 8. The average molecular weight is 537 g/mol. The molecule has 0 bridgehead atoms. The fourth-order valence-corrected chi connectivity index (χ4v) is 5.54. The van der Waals surface area contributed by atoms with E-state index >= 15 is 0 Å². The molecule has 10 heteroatoms. The first kappa shape index (κ1) is 27.3. The summed E-state index contributed by atoms with van der Waals surface area (Å²) in [5, 5.41) is 3.83. The third kappa shape index (κ3) is 6.96. The number of hydrogen-bond donors (Lipinski definition) is 1. The first-order valence-corrected chi connectivity index (χ1v) is 14.0. The highest BCUT2D eigenvalue weighted by Crippen LogP contribution is 2.22. The van der Waals surface area contributed by atoms with Crippen molar-refractivity contribution in [1.29, 1.82) is 0 Å². The number of hydrazone groups is 1. The Morgan fingerprint density at radius 1 is 0.921 bits per heavy atom. The smallest absolute Gasteiger partial charge is 0.329 e. The summed E-state index contributed by atoms with van der Waals surface area (Å²) in [6.07, 6.45) is 4.11. The molecule has 1 saturated heterocycles. The molecule has 0 saturated carbocycles. The normalized spacial score (nSPS) is 14.2. The van der Waals surface area contributed by atoms with Crippen molar-refractivity contribution < 1.29 is 22.4 Å². The second-order valence-electron chi connectivity index (χ2n) is 9.43. The van der Waals surface area contributed by atoms with Crippen molar-refractivity contribution in [1.82, 2.24) is 14.6 Å². The van der Waals surface area contributed by atoms with Crippen LogP contribution in [0.3, 0.4) is 0 Å². The zero-order valence-electron chi connectivity index (χ0n) is 21.6. The lowest BCUT2D eigenvalue weighted by Gasteiger charge is -2.25. The van der Waals surface area contributed by atoms with Crippen LogP contribution in [0.15, 0.2) is 75.1 Å². The Kier molecular flexibility index (Phi) is 8.75. The van der Waals surface area contributed by atoms with E-state index in [-0.39, 0.29) is 18.0 Å². The van der Waals surface area contributed by atoms with E-state index in [2.05, 4.69) is 10.5 Å². The highest BCUT2D eigenvalue weighted by atomic mass is 32.2. The molecule has 0 aliphatic carbocycles. The standard InChI is InChI=1S/C28H32N4O5S/c1-21-6-10-23(11-7-21)19-32(38(35,36)26-14-8-22(2)9-15-26)20-25-13-12-24(37-25)18-29-30-27(33)28(34)31-16-4-3-5-17-31/h6-15,18H,3-5,16-17,19-20H2,1-2H3,(H,30,33)/b29-18+. The van der Waals surface area contributed by atoms with E-state index in [1.165, 1.54) is 15.4 Å². The molecule has 3 aromatic rings. The van der Waals surface area contributed by atoms with E-state index in [1.807, 2.05) is 38.1 Å². The number of sulfonamides is 1. The van der Waals surface area contributed by atoms with Gasteiger partial charge in [-0.3, -0.25) is 9.59 Å². The first-order chi connectivity index (χ1) is 18.2. The van der Waals surface area contributed by atoms with Crippen molar-refractivity contribution in [3.05, 3.63) is 88.9 Å². The molecule has 9 nitrogen and oxygen atoms in total. The van der Waals surface area contributed by atoms with Crippen LogP contribution < -0.4 is 5.43 Å². The minimum Gasteiger partial charge on any atom is -0.459 e. The van der Waals surface area contributed by atoms with Crippen LogP contribution in [0.2, 0.25) is 0 Å². The molecule has 0 radical (unpaired) electrons. The van der Waals surface area contributed by atoms with Gasteiger partial charge < -0.3 is 9.32 Å². The largest absolute Gasteiger partial charge is 0.459 e. The van der Waals surface area contributed by atoms with E-state index in [0.29, 0.717) is 24.6 Å².